The molecule has 1 aromatic carbocycles. The van der Waals surface area contributed by atoms with E-state index in [2.05, 4.69) is 16.8 Å². The van der Waals surface area contributed by atoms with Gasteiger partial charge in [-0.3, -0.25) is 14.5 Å². The van der Waals surface area contributed by atoms with Gasteiger partial charge in [0.2, 0.25) is 0 Å². The molecule has 0 atom stereocenters. The zero-order chi connectivity index (χ0) is 16.3. The van der Waals surface area contributed by atoms with Gasteiger partial charge in [0.25, 0.3) is 11.1 Å². The maximum atomic E-state index is 12.4. The highest BCUT2D eigenvalue weighted by atomic mass is 35.5. The number of piperazine rings is 1. The van der Waals surface area contributed by atoms with Gasteiger partial charge in [-0.2, -0.15) is 0 Å². The number of amides is 1. The summed E-state index contributed by atoms with van der Waals surface area (Å²) in [5, 5.41) is -0.543. The summed E-state index contributed by atoms with van der Waals surface area (Å²) in [6, 6.07) is 5.13. The normalized spacial score (nSPS) is 16.5. The average Bonchev–Trinajstić information content (AvgIpc) is 2.49. The molecule has 1 heterocycles. The Balaban J connectivity index is 2.25. The lowest BCUT2D eigenvalue weighted by Gasteiger charge is -2.32. The van der Waals surface area contributed by atoms with Gasteiger partial charge in [0.05, 0.1) is 0 Å². The number of nitrogens with zero attached hydrogens (tertiary/aromatic N) is 3. The van der Waals surface area contributed by atoms with Gasteiger partial charge >= 0.3 is 0 Å². The predicted molar refractivity (Wildman–Crippen MR) is 87.4 cm³/mol. The molecule has 1 fully saturated rings. The second kappa shape index (κ2) is 7.22. The first kappa shape index (κ1) is 16.9. The first-order chi connectivity index (χ1) is 10.4. The van der Waals surface area contributed by atoms with Crippen molar-refractivity contribution < 1.29 is 9.59 Å². The number of likely N-dealkylation sites (N-methyl/N-ethyl adjacent to an activating group) is 1. The number of hydrogen-bond acceptors (Lipinski definition) is 4. The first-order valence-corrected chi connectivity index (χ1v) is 7.71. The van der Waals surface area contributed by atoms with Crippen molar-refractivity contribution in [3.63, 3.8) is 0 Å². The van der Waals surface area contributed by atoms with Crippen LogP contribution in [0.25, 0.3) is 0 Å². The number of rotatable bonds is 4. The number of benzene rings is 1. The second-order valence-electron chi connectivity index (χ2n) is 5.92. The molecule has 0 bridgehead atoms. The highest BCUT2D eigenvalue weighted by Crippen LogP contribution is 2.18. The van der Waals surface area contributed by atoms with Crippen molar-refractivity contribution in [2.45, 2.75) is 6.54 Å². The first-order valence-electron chi connectivity index (χ1n) is 7.34. The quantitative estimate of drug-likeness (QED) is 0.788. The third-order valence-electron chi connectivity index (χ3n) is 3.96. The summed E-state index contributed by atoms with van der Waals surface area (Å²) in [6.45, 7) is 4.70. The SMILES string of the molecule is CN1CCN(Cc2ccc(C(=O)Cl)cc2C(=O)N(C)C)CC1. The van der Waals surface area contributed by atoms with Crippen LogP contribution in [0.1, 0.15) is 26.3 Å². The van der Waals surface area contributed by atoms with Gasteiger partial charge in [0.1, 0.15) is 0 Å². The van der Waals surface area contributed by atoms with Gasteiger partial charge in [-0.05, 0) is 36.3 Å². The molecule has 0 saturated carbocycles. The lowest BCUT2D eigenvalue weighted by atomic mass is 10.0. The molecule has 120 valence electrons. The summed E-state index contributed by atoms with van der Waals surface area (Å²) in [5.74, 6) is -0.108. The molecule has 5 nitrogen and oxygen atoms in total. The molecule has 0 aliphatic carbocycles. The van der Waals surface area contributed by atoms with Crippen molar-refractivity contribution in [1.29, 1.82) is 0 Å². The minimum Gasteiger partial charge on any atom is -0.345 e. The fourth-order valence-electron chi connectivity index (χ4n) is 2.52. The summed E-state index contributed by atoms with van der Waals surface area (Å²) in [6.07, 6.45) is 0. The van der Waals surface area contributed by atoms with Crippen LogP contribution in [0.15, 0.2) is 18.2 Å². The zero-order valence-electron chi connectivity index (χ0n) is 13.3. The molecule has 22 heavy (non-hydrogen) atoms. The molecule has 0 unspecified atom stereocenters. The maximum Gasteiger partial charge on any atom is 0.253 e. The molecule has 1 aromatic rings. The van der Waals surface area contributed by atoms with E-state index in [1.165, 1.54) is 4.90 Å². The standard InChI is InChI=1S/C16H22ClN3O2/c1-18(2)16(22)14-10-12(15(17)21)4-5-13(14)11-20-8-6-19(3)7-9-20/h4-5,10H,6-9,11H2,1-3H3. The third-order valence-corrected chi connectivity index (χ3v) is 4.18. The summed E-state index contributed by atoms with van der Waals surface area (Å²) >= 11 is 5.54. The van der Waals surface area contributed by atoms with E-state index >= 15 is 0 Å². The summed E-state index contributed by atoms with van der Waals surface area (Å²) < 4.78 is 0. The monoisotopic (exact) mass is 323 g/mol. The molecule has 1 amide bonds. The predicted octanol–water partition coefficient (Wildman–Crippen LogP) is 1.51. The van der Waals surface area contributed by atoms with Crippen molar-refractivity contribution in [3.05, 3.63) is 34.9 Å². The van der Waals surface area contributed by atoms with Gasteiger partial charge < -0.3 is 9.80 Å². The molecular formula is C16H22ClN3O2. The van der Waals surface area contributed by atoms with E-state index in [1.54, 1.807) is 26.2 Å². The van der Waals surface area contributed by atoms with Gasteiger partial charge in [0, 0.05) is 57.9 Å². The lowest BCUT2D eigenvalue weighted by molar-refractivity contribution is 0.0824. The number of carbonyl (C=O) groups is 2. The summed E-state index contributed by atoms with van der Waals surface area (Å²) in [5.41, 5.74) is 1.84. The Morgan fingerprint density at radius 3 is 2.36 bits per heavy atom. The van der Waals surface area contributed by atoms with Gasteiger partial charge in [-0.25, -0.2) is 0 Å². The molecule has 2 rings (SSSR count). The number of carbonyl (C=O) groups excluding carboxylic acids is 2. The van der Waals surface area contributed by atoms with E-state index in [0.717, 1.165) is 31.7 Å². The molecule has 1 aliphatic heterocycles. The Bertz CT molecular complexity index is 567. The average molecular weight is 324 g/mol. The minimum atomic E-state index is -0.543. The second-order valence-corrected chi connectivity index (χ2v) is 6.27. The molecule has 0 radical (unpaired) electrons. The fourth-order valence-corrected chi connectivity index (χ4v) is 2.64. The smallest absolute Gasteiger partial charge is 0.253 e. The molecule has 0 aromatic heterocycles. The molecule has 6 heteroatoms. The molecule has 1 aliphatic rings. The Morgan fingerprint density at radius 1 is 1.18 bits per heavy atom. The van der Waals surface area contributed by atoms with Crippen LogP contribution in [0.3, 0.4) is 0 Å². The van der Waals surface area contributed by atoms with Crippen LogP contribution in [-0.2, 0) is 6.54 Å². The van der Waals surface area contributed by atoms with Gasteiger partial charge in [-0.1, -0.05) is 6.07 Å². The van der Waals surface area contributed by atoms with E-state index in [-0.39, 0.29) is 5.91 Å². The van der Waals surface area contributed by atoms with Gasteiger partial charge in [0.15, 0.2) is 0 Å². The molecular weight excluding hydrogens is 302 g/mol. The zero-order valence-corrected chi connectivity index (χ0v) is 14.1. The molecule has 0 spiro atoms. The number of halogens is 1. The highest BCUT2D eigenvalue weighted by molar-refractivity contribution is 6.67. The van der Waals surface area contributed by atoms with Crippen LogP contribution in [-0.4, -0.2) is 73.2 Å². The van der Waals surface area contributed by atoms with Crippen molar-refractivity contribution in [1.82, 2.24) is 14.7 Å². The van der Waals surface area contributed by atoms with Crippen LogP contribution in [0.5, 0.6) is 0 Å². The highest BCUT2D eigenvalue weighted by Gasteiger charge is 2.20. The molecule has 0 N–H and O–H groups in total. The third kappa shape index (κ3) is 4.06. The topological polar surface area (TPSA) is 43.9 Å². The van der Waals surface area contributed by atoms with E-state index in [9.17, 15) is 9.59 Å². The van der Waals surface area contributed by atoms with Crippen LogP contribution in [0.4, 0.5) is 0 Å². The Kier molecular flexibility index (Phi) is 5.56. The largest absolute Gasteiger partial charge is 0.345 e. The lowest BCUT2D eigenvalue weighted by Crippen LogP contribution is -2.44. The summed E-state index contributed by atoms with van der Waals surface area (Å²) in [7, 11) is 5.52. The van der Waals surface area contributed by atoms with Crippen LogP contribution >= 0.6 is 11.6 Å². The van der Waals surface area contributed by atoms with Crippen LogP contribution in [0, 0.1) is 0 Å². The van der Waals surface area contributed by atoms with Crippen LogP contribution in [0.2, 0.25) is 0 Å². The van der Waals surface area contributed by atoms with Crippen molar-refractivity contribution in [3.8, 4) is 0 Å². The van der Waals surface area contributed by atoms with Crippen molar-refractivity contribution >= 4 is 22.8 Å². The molecule has 1 saturated heterocycles. The van der Waals surface area contributed by atoms with Crippen molar-refractivity contribution in [2.75, 3.05) is 47.3 Å². The number of hydrogen-bond donors (Lipinski definition) is 0. The Labute approximate surface area is 136 Å². The van der Waals surface area contributed by atoms with E-state index in [1.807, 2.05) is 6.07 Å². The Morgan fingerprint density at radius 2 is 1.82 bits per heavy atom. The fraction of sp³-hybridized carbons (Fsp3) is 0.500. The Hall–Kier alpha value is -1.43. The minimum absolute atomic E-state index is 0.108. The van der Waals surface area contributed by atoms with E-state index in [0.29, 0.717) is 17.7 Å². The van der Waals surface area contributed by atoms with Crippen molar-refractivity contribution in [2.24, 2.45) is 0 Å². The van der Waals surface area contributed by atoms with E-state index < -0.39 is 5.24 Å². The maximum absolute atomic E-state index is 12.4. The van der Waals surface area contributed by atoms with E-state index in [4.69, 9.17) is 11.6 Å². The summed E-state index contributed by atoms with van der Waals surface area (Å²) in [4.78, 5) is 29.9. The van der Waals surface area contributed by atoms with Crippen LogP contribution < -0.4 is 0 Å². The van der Waals surface area contributed by atoms with Gasteiger partial charge in [-0.15, -0.1) is 0 Å².